The Hall–Kier alpha value is -2.30. The van der Waals surface area contributed by atoms with E-state index in [-0.39, 0.29) is 12.1 Å². The third kappa shape index (κ3) is 2.71. The molecule has 1 aliphatic carbocycles. The second kappa shape index (κ2) is 6.07. The number of imidazole rings is 1. The first-order valence-corrected chi connectivity index (χ1v) is 8.48. The molecule has 1 atom stereocenters. The van der Waals surface area contributed by atoms with Crippen molar-refractivity contribution in [3.8, 4) is 11.3 Å². The number of carbonyl (C=O) groups excluding carboxylic acids is 1. The largest absolute Gasteiger partial charge is 0.336 e. The molecule has 2 aliphatic rings. The van der Waals surface area contributed by atoms with Crippen LogP contribution in [0.25, 0.3) is 11.3 Å². The molecule has 23 heavy (non-hydrogen) atoms. The van der Waals surface area contributed by atoms with Gasteiger partial charge in [0.2, 0.25) is 0 Å². The van der Waals surface area contributed by atoms with Gasteiger partial charge < -0.3 is 15.2 Å². The Morgan fingerprint density at radius 3 is 2.91 bits per heavy atom. The van der Waals surface area contributed by atoms with Crippen LogP contribution in [0.3, 0.4) is 0 Å². The topological polar surface area (TPSA) is 59.0 Å². The van der Waals surface area contributed by atoms with Crippen molar-refractivity contribution < 1.29 is 4.79 Å². The molecule has 1 fully saturated rings. The lowest BCUT2D eigenvalue weighted by Crippen LogP contribution is -2.44. The molecule has 0 spiro atoms. The van der Waals surface area contributed by atoms with Gasteiger partial charge in [-0.3, -0.25) is 0 Å². The van der Waals surface area contributed by atoms with Crippen LogP contribution in [0.4, 0.5) is 4.79 Å². The molecule has 2 aromatic rings. The van der Waals surface area contributed by atoms with Gasteiger partial charge in [0.1, 0.15) is 0 Å². The van der Waals surface area contributed by atoms with Gasteiger partial charge in [0, 0.05) is 18.2 Å². The van der Waals surface area contributed by atoms with Gasteiger partial charge in [0.15, 0.2) is 0 Å². The number of hydrogen-bond acceptors (Lipinski definition) is 2. The maximum Gasteiger partial charge on any atom is 0.315 e. The van der Waals surface area contributed by atoms with Crippen molar-refractivity contribution in [2.75, 3.05) is 6.54 Å². The van der Waals surface area contributed by atoms with Crippen LogP contribution in [0.5, 0.6) is 0 Å². The van der Waals surface area contributed by atoms with Gasteiger partial charge in [-0.15, -0.1) is 0 Å². The van der Waals surface area contributed by atoms with Crippen LogP contribution in [0, 0.1) is 0 Å². The van der Waals surface area contributed by atoms with Crippen molar-refractivity contribution in [2.45, 2.75) is 44.2 Å². The molecule has 120 valence electrons. The van der Waals surface area contributed by atoms with Crippen molar-refractivity contribution >= 4 is 6.03 Å². The van der Waals surface area contributed by atoms with Gasteiger partial charge in [-0.1, -0.05) is 43.5 Å². The fourth-order valence-corrected chi connectivity index (χ4v) is 3.81. The van der Waals surface area contributed by atoms with E-state index >= 15 is 0 Å². The van der Waals surface area contributed by atoms with Crippen molar-refractivity contribution in [3.63, 3.8) is 0 Å². The van der Waals surface area contributed by atoms with Gasteiger partial charge in [0.05, 0.1) is 24.3 Å². The number of rotatable bonds is 3. The molecule has 0 radical (unpaired) electrons. The first kappa shape index (κ1) is 14.3. The van der Waals surface area contributed by atoms with Crippen molar-refractivity contribution in [3.05, 3.63) is 42.4 Å². The zero-order chi connectivity index (χ0) is 15.6. The minimum Gasteiger partial charge on any atom is -0.336 e. The van der Waals surface area contributed by atoms with Gasteiger partial charge >= 0.3 is 6.03 Å². The molecule has 0 unspecified atom stereocenters. The smallest absolute Gasteiger partial charge is 0.315 e. The molecule has 4 rings (SSSR count). The Bertz CT molecular complexity index is 703. The highest BCUT2D eigenvalue weighted by Crippen LogP contribution is 2.38. The lowest BCUT2D eigenvalue weighted by molar-refractivity contribution is 0.231. The Morgan fingerprint density at radius 1 is 1.22 bits per heavy atom. The standard InChI is InChI=1S/C18H22N4O/c23-18(21-13-6-2-1-3-7-13)20-11-17-15-9-5-4-8-14(15)16-10-19-12-22(16)17/h4-5,8-10,12-13,17H,1-3,6-7,11H2,(H2,20,21,23)/t17-/m1/s1. The highest BCUT2D eigenvalue weighted by Gasteiger charge is 2.28. The van der Waals surface area contributed by atoms with E-state index in [1.54, 1.807) is 0 Å². The van der Waals surface area contributed by atoms with Crippen LogP contribution >= 0.6 is 0 Å². The number of amides is 2. The third-order valence-corrected chi connectivity index (χ3v) is 4.99. The van der Waals surface area contributed by atoms with E-state index in [9.17, 15) is 4.79 Å². The summed E-state index contributed by atoms with van der Waals surface area (Å²) in [5, 5.41) is 6.15. The Morgan fingerprint density at radius 2 is 2.04 bits per heavy atom. The highest BCUT2D eigenvalue weighted by atomic mass is 16.2. The monoisotopic (exact) mass is 310 g/mol. The highest BCUT2D eigenvalue weighted by molar-refractivity contribution is 5.75. The molecular weight excluding hydrogens is 288 g/mol. The summed E-state index contributed by atoms with van der Waals surface area (Å²) in [7, 11) is 0. The summed E-state index contributed by atoms with van der Waals surface area (Å²) in [6.45, 7) is 0.582. The maximum atomic E-state index is 12.2. The van der Waals surface area contributed by atoms with E-state index < -0.39 is 0 Å². The minimum absolute atomic E-state index is 0.0528. The molecule has 1 saturated carbocycles. The van der Waals surface area contributed by atoms with Crippen LogP contribution in [0.1, 0.15) is 43.7 Å². The molecule has 5 nitrogen and oxygen atoms in total. The minimum atomic E-state index is -0.0528. The number of nitrogens with one attached hydrogen (secondary N) is 2. The number of carbonyl (C=O) groups is 1. The number of hydrogen-bond donors (Lipinski definition) is 2. The molecular formula is C18H22N4O. The Balaban J connectivity index is 1.42. The van der Waals surface area contributed by atoms with Crippen molar-refractivity contribution in [2.24, 2.45) is 0 Å². The van der Waals surface area contributed by atoms with Crippen LogP contribution in [-0.2, 0) is 0 Å². The van der Waals surface area contributed by atoms with E-state index in [4.69, 9.17) is 0 Å². The number of fused-ring (bicyclic) bond motifs is 3. The van der Waals surface area contributed by atoms with Gasteiger partial charge in [-0.2, -0.15) is 0 Å². The molecule has 1 aliphatic heterocycles. The predicted molar refractivity (Wildman–Crippen MR) is 89.2 cm³/mol. The molecule has 1 aromatic heterocycles. The summed E-state index contributed by atoms with van der Waals surface area (Å²) in [5.41, 5.74) is 3.59. The first-order chi connectivity index (χ1) is 11.3. The summed E-state index contributed by atoms with van der Waals surface area (Å²) in [6, 6.07) is 8.75. The summed E-state index contributed by atoms with van der Waals surface area (Å²) in [5.74, 6) is 0. The average molecular weight is 310 g/mol. The summed E-state index contributed by atoms with van der Waals surface area (Å²) >= 11 is 0. The van der Waals surface area contributed by atoms with E-state index in [0.29, 0.717) is 12.6 Å². The maximum absolute atomic E-state index is 12.2. The number of benzene rings is 1. The van der Waals surface area contributed by atoms with E-state index in [1.807, 2.05) is 24.7 Å². The zero-order valence-electron chi connectivity index (χ0n) is 13.2. The lowest BCUT2D eigenvalue weighted by Gasteiger charge is -2.23. The Labute approximate surface area is 136 Å². The summed E-state index contributed by atoms with van der Waals surface area (Å²) in [4.78, 5) is 16.4. The fraction of sp³-hybridized carbons (Fsp3) is 0.444. The van der Waals surface area contributed by atoms with Crippen LogP contribution in [0.15, 0.2) is 36.8 Å². The predicted octanol–water partition coefficient (Wildman–Crippen LogP) is 3.08. The van der Waals surface area contributed by atoms with Gasteiger partial charge in [0.25, 0.3) is 0 Å². The van der Waals surface area contributed by atoms with E-state index in [2.05, 4.69) is 32.3 Å². The molecule has 5 heteroatoms. The SMILES string of the molecule is O=C(NC[C@@H]1c2ccccc2-c2cncn21)NC1CCCCC1. The number of urea groups is 1. The van der Waals surface area contributed by atoms with Crippen molar-refractivity contribution in [1.29, 1.82) is 0 Å². The molecule has 0 bridgehead atoms. The second-order valence-electron chi connectivity index (χ2n) is 6.48. The summed E-state index contributed by atoms with van der Waals surface area (Å²) in [6.07, 6.45) is 9.68. The molecule has 2 heterocycles. The van der Waals surface area contributed by atoms with Crippen LogP contribution in [-0.4, -0.2) is 28.2 Å². The molecule has 0 saturated heterocycles. The Kier molecular flexibility index (Phi) is 3.77. The van der Waals surface area contributed by atoms with Crippen molar-refractivity contribution in [1.82, 2.24) is 20.2 Å². The number of nitrogens with zero attached hydrogens (tertiary/aromatic N) is 2. The normalized spacial score (nSPS) is 19.9. The van der Waals surface area contributed by atoms with Gasteiger partial charge in [-0.05, 0) is 18.4 Å². The van der Waals surface area contributed by atoms with Gasteiger partial charge in [-0.25, -0.2) is 9.78 Å². The second-order valence-corrected chi connectivity index (χ2v) is 6.48. The van der Waals surface area contributed by atoms with Crippen LogP contribution in [0.2, 0.25) is 0 Å². The molecule has 2 amide bonds. The molecule has 2 N–H and O–H groups in total. The zero-order valence-corrected chi connectivity index (χ0v) is 13.2. The average Bonchev–Trinajstić information content (AvgIpc) is 3.15. The number of aromatic nitrogens is 2. The summed E-state index contributed by atoms with van der Waals surface area (Å²) < 4.78 is 2.14. The lowest BCUT2D eigenvalue weighted by atomic mass is 9.96. The molecule has 1 aromatic carbocycles. The van der Waals surface area contributed by atoms with E-state index in [0.717, 1.165) is 18.5 Å². The first-order valence-electron chi connectivity index (χ1n) is 8.48. The quantitative estimate of drug-likeness (QED) is 0.915. The van der Waals surface area contributed by atoms with Crippen LogP contribution < -0.4 is 10.6 Å². The third-order valence-electron chi connectivity index (χ3n) is 4.99. The fourth-order valence-electron chi connectivity index (χ4n) is 3.81. The van der Waals surface area contributed by atoms with E-state index in [1.165, 1.54) is 30.4 Å².